The fourth-order valence-electron chi connectivity index (χ4n) is 6.53. The van der Waals surface area contributed by atoms with Gasteiger partial charge >= 0.3 is 174 Å². The molecular weight excluding hydrogens is 432 g/mol. The molecule has 0 amide bonds. The van der Waals surface area contributed by atoms with Crippen molar-refractivity contribution in [3.63, 3.8) is 0 Å². The van der Waals surface area contributed by atoms with Gasteiger partial charge in [-0.3, -0.25) is 0 Å². The molecule has 28 heavy (non-hydrogen) atoms. The second-order valence-corrected chi connectivity index (χ2v) is 40.6. The van der Waals surface area contributed by atoms with Crippen molar-refractivity contribution in [2.75, 3.05) is 0 Å². The van der Waals surface area contributed by atoms with Gasteiger partial charge in [0, 0.05) is 0 Å². The quantitative estimate of drug-likeness (QED) is 0.437. The monoisotopic (exact) mass is 464 g/mol. The third kappa shape index (κ3) is 2.86. The summed E-state index contributed by atoms with van der Waals surface area (Å²) in [5.74, 6) is 0. The van der Waals surface area contributed by atoms with Crippen LogP contribution in [-0.2, 0) is 30.2 Å². The molecule has 0 N–H and O–H groups in total. The van der Waals surface area contributed by atoms with Crippen LogP contribution in [-0.4, -0.2) is 6.88 Å². The Balaban J connectivity index is 1.92. The number of hydrogen-bond donors (Lipinski definition) is 0. The Kier molecular flexibility index (Phi) is 4.91. The first-order valence-corrected chi connectivity index (χ1v) is 24.5. The van der Waals surface area contributed by atoms with Gasteiger partial charge in [0.2, 0.25) is 0 Å². The van der Waals surface area contributed by atoms with Gasteiger partial charge in [-0.1, -0.05) is 0 Å². The third-order valence-electron chi connectivity index (χ3n) is 7.40. The van der Waals surface area contributed by atoms with Crippen molar-refractivity contribution in [3.8, 4) is 0 Å². The molecule has 0 radical (unpaired) electrons. The van der Waals surface area contributed by atoms with Crippen LogP contribution in [0.15, 0.2) is 47.5 Å². The second kappa shape index (κ2) is 6.78. The van der Waals surface area contributed by atoms with Gasteiger partial charge in [-0.2, -0.15) is 0 Å². The first-order chi connectivity index (χ1) is 13.2. The Morgan fingerprint density at radius 3 is 1.50 bits per heavy atom. The summed E-state index contributed by atoms with van der Waals surface area (Å²) >= 11 is -3.26. The molecule has 4 rings (SSSR count). The van der Waals surface area contributed by atoms with E-state index < -0.39 is 17.4 Å². The molecule has 2 aromatic carbocycles. The molecule has 2 aliphatic rings. The van der Waals surface area contributed by atoms with Gasteiger partial charge in [0.1, 0.15) is 0 Å². The van der Waals surface area contributed by atoms with E-state index in [4.69, 9.17) is 0 Å². The third-order valence-corrected chi connectivity index (χ3v) is 25.3. The summed E-state index contributed by atoms with van der Waals surface area (Å²) in [5, 5.41) is 0. The summed E-state index contributed by atoms with van der Waals surface area (Å²) in [7, 11) is 0. The zero-order chi connectivity index (χ0) is 20.3. The van der Waals surface area contributed by atoms with Crippen molar-refractivity contribution in [1.82, 2.24) is 0 Å². The fourth-order valence-corrected chi connectivity index (χ4v) is 27.8. The Morgan fingerprint density at radius 2 is 1.14 bits per heavy atom. The van der Waals surface area contributed by atoms with Gasteiger partial charge in [0.05, 0.1) is 0 Å². The molecule has 146 valence electrons. The zero-order valence-electron chi connectivity index (χ0n) is 18.4. The number of aryl methyl sites for hydroxylation is 2. The Bertz CT molecular complexity index is 1010. The van der Waals surface area contributed by atoms with Crippen LogP contribution >= 0.6 is 0 Å². The first-order valence-electron chi connectivity index (χ1n) is 10.8. The summed E-state index contributed by atoms with van der Waals surface area (Å²) in [4.78, 5) is 0. The molecule has 2 heteroatoms. The Morgan fingerprint density at radius 1 is 0.750 bits per heavy atom. The van der Waals surface area contributed by atoms with E-state index in [-0.39, 0.29) is 0 Å². The van der Waals surface area contributed by atoms with Crippen LogP contribution in [0.4, 0.5) is 0 Å². The van der Waals surface area contributed by atoms with Crippen LogP contribution in [0.1, 0.15) is 68.3 Å². The fraction of sp³-hybridized carbons (Fsp3) is 0.385. The molecule has 0 bridgehead atoms. The molecule has 0 heterocycles. The van der Waals surface area contributed by atoms with Crippen molar-refractivity contribution in [2.45, 2.75) is 57.1 Å². The van der Waals surface area contributed by atoms with E-state index in [1.54, 1.807) is 22.3 Å². The Hall–Kier alpha value is -0.980. The molecule has 0 saturated heterocycles. The van der Waals surface area contributed by atoms with E-state index in [1.165, 1.54) is 22.3 Å². The Labute approximate surface area is 173 Å². The summed E-state index contributed by atoms with van der Waals surface area (Å²) in [6, 6.07) is 14.1. The maximum absolute atomic E-state index is 3.26. The minimum absolute atomic E-state index is 0.644. The molecule has 0 nitrogen and oxygen atoms in total. The van der Waals surface area contributed by atoms with E-state index in [9.17, 15) is 0 Å². The van der Waals surface area contributed by atoms with E-state index in [2.05, 4.69) is 92.4 Å². The van der Waals surface area contributed by atoms with E-state index in [0.717, 1.165) is 12.8 Å². The van der Waals surface area contributed by atoms with Crippen molar-refractivity contribution < 1.29 is 17.4 Å². The summed E-state index contributed by atoms with van der Waals surface area (Å²) < 4.78 is 6.74. The average molecular weight is 466 g/mol. The normalized spacial score (nSPS) is 21.2. The SMILES string of the molecule is CCc1cccc2c1C=C(C)[CH]2[Zr]([CH3])([CH3])(=[SiH2])[CH]1C(C)=Cc2c(CC)cccc21. The van der Waals surface area contributed by atoms with Gasteiger partial charge in [-0.05, 0) is 0 Å². The molecule has 0 spiro atoms. The van der Waals surface area contributed by atoms with Crippen LogP contribution in [0.3, 0.4) is 0 Å². The molecule has 0 saturated carbocycles. The molecule has 0 aromatic heterocycles. The summed E-state index contributed by atoms with van der Waals surface area (Å²) in [6.45, 7) is 11.8. The second-order valence-electron chi connectivity index (χ2n) is 10.1. The van der Waals surface area contributed by atoms with Gasteiger partial charge < -0.3 is 0 Å². The maximum atomic E-state index is 2.73. The van der Waals surface area contributed by atoms with Crippen LogP contribution in [0.2, 0.25) is 9.26 Å². The van der Waals surface area contributed by atoms with Gasteiger partial charge in [-0.15, -0.1) is 0 Å². The van der Waals surface area contributed by atoms with E-state index >= 15 is 0 Å². The number of hydrogen-bond acceptors (Lipinski definition) is 0. The standard InChI is InChI=1S/2C12H13.2CH3.H2Si.Zr/c2*1-3-10-5-4-6-11-7-9(2)8-12(10)11;;;;/h2*4-8H,3H2,1-2H3;2*1H3;1H2;. The van der Waals surface area contributed by atoms with E-state index in [0.29, 0.717) is 7.25 Å². The summed E-state index contributed by atoms with van der Waals surface area (Å²) in [5.41, 5.74) is 12.5. The van der Waals surface area contributed by atoms with Gasteiger partial charge in [0.15, 0.2) is 0 Å². The molecule has 0 fully saturated rings. The van der Waals surface area contributed by atoms with Crippen molar-refractivity contribution in [2.24, 2.45) is 0 Å². The molecule has 2 atom stereocenters. The average Bonchev–Trinajstić information content (AvgIpc) is 3.17. The number of fused-ring (bicyclic) bond motifs is 2. The van der Waals surface area contributed by atoms with Crippen LogP contribution in [0, 0.1) is 0 Å². The van der Waals surface area contributed by atoms with Crippen molar-refractivity contribution in [1.29, 1.82) is 0 Å². The first kappa shape index (κ1) is 20.3. The summed E-state index contributed by atoms with van der Waals surface area (Å²) in [6.07, 6.45) is 7.28. The van der Waals surface area contributed by atoms with Gasteiger partial charge in [0.25, 0.3) is 0 Å². The molecule has 2 unspecified atom stereocenters. The topological polar surface area (TPSA) is 0 Å². The van der Waals surface area contributed by atoms with Crippen molar-refractivity contribution in [3.05, 3.63) is 80.9 Å². The minimum atomic E-state index is -3.26. The number of allylic oxidation sites excluding steroid dienone is 2. The number of rotatable bonds is 4. The number of benzene rings is 2. The van der Waals surface area contributed by atoms with Gasteiger partial charge in [-0.25, -0.2) is 0 Å². The predicted octanol–water partition coefficient (Wildman–Crippen LogP) is 6.76. The molecular formula is C26H34SiZr. The van der Waals surface area contributed by atoms with Crippen molar-refractivity contribution >= 4 is 19.0 Å². The van der Waals surface area contributed by atoms with E-state index in [1.807, 2.05) is 0 Å². The van der Waals surface area contributed by atoms with Crippen LogP contribution in [0.25, 0.3) is 12.2 Å². The molecule has 2 aliphatic carbocycles. The molecule has 0 aliphatic heterocycles. The van der Waals surface area contributed by atoms with Crippen LogP contribution in [0.5, 0.6) is 0 Å². The van der Waals surface area contributed by atoms with Crippen LogP contribution < -0.4 is 0 Å². The predicted molar refractivity (Wildman–Crippen MR) is 125 cm³/mol. The zero-order valence-corrected chi connectivity index (χ0v) is 22.3. The molecule has 2 aromatic rings.